The zero-order chi connectivity index (χ0) is 15.2. The van der Waals surface area contributed by atoms with Gasteiger partial charge in [-0.15, -0.1) is 0 Å². The summed E-state index contributed by atoms with van der Waals surface area (Å²) in [6.07, 6.45) is 1.59. The molecule has 3 rings (SSSR count). The number of hydrogen-bond donors (Lipinski definition) is 1. The van der Waals surface area contributed by atoms with Gasteiger partial charge >= 0.3 is 0 Å². The Hall–Kier alpha value is -1.87. The summed E-state index contributed by atoms with van der Waals surface area (Å²) >= 11 is 6.31. The van der Waals surface area contributed by atoms with Crippen molar-refractivity contribution in [3.05, 3.63) is 53.1 Å². The molecule has 0 saturated heterocycles. The van der Waals surface area contributed by atoms with Gasteiger partial charge in [0.25, 0.3) is 0 Å². The molecule has 0 saturated carbocycles. The number of halogens is 2. The van der Waals surface area contributed by atoms with E-state index in [9.17, 15) is 4.39 Å². The van der Waals surface area contributed by atoms with Crippen LogP contribution < -0.4 is 0 Å². The molecule has 0 fully saturated rings. The first kappa shape index (κ1) is 14.1. The van der Waals surface area contributed by atoms with E-state index in [1.165, 1.54) is 0 Å². The van der Waals surface area contributed by atoms with Gasteiger partial charge in [-0.25, -0.2) is 9.37 Å². The number of nitrogens with one attached hydrogen (secondary N) is 1. The maximum Gasteiger partial charge on any atom is 0.134 e. The highest BCUT2D eigenvalue weighted by atomic mass is 35.5. The van der Waals surface area contributed by atoms with Crippen LogP contribution in [0.5, 0.6) is 0 Å². The lowest BCUT2D eigenvalue weighted by Crippen LogP contribution is -2.14. The van der Waals surface area contributed by atoms with Gasteiger partial charge in [0.15, 0.2) is 0 Å². The number of hydrogen-bond acceptors (Lipinski definition) is 1. The molecule has 21 heavy (non-hydrogen) atoms. The van der Waals surface area contributed by atoms with Crippen LogP contribution in [0.25, 0.3) is 22.2 Å². The van der Waals surface area contributed by atoms with E-state index in [2.05, 4.69) is 9.97 Å². The second-order valence-corrected chi connectivity index (χ2v) is 6.55. The monoisotopic (exact) mass is 302 g/mol. The topological polar surface area (TPSA) is 28.7 Å². The Balaban J connectivity index is 2.34. The Labute approximate surface area is 128 Å². The van der Waals surface area contributed by atoms with E-state index in [1.54, 1.807) is 18.5 Å². The van der Waals surface area contributed by atoms with E-state index < -0.39 is 0 Å². The van der Waals surface area contributed by atoms with Crippen molar-refractivity contribution >= 4 is 22.6 Å². The zero-order valence-corrected chi connectivity index (χ0v) is 12.9. The van der Waals surface area contributed by atoms with Crippen LogP contribution in [0.1, 0.15) is 26.3 Å². The van der Waals surface area contributed by atoms with Gasteiger partial charge in [0.2, 0.25) is 0 Å². The van der Waals surface area contributed by atoms with Crippen molar-refractivity contribution in [3.63, 3.8) is 0 Å². The van der Waals surface area contributed by atoms with Gasteiger partial charge in [-0.2, -0.15) is 0 Å². The first-order valence-electron chi connectivity index (χ1n) is 6.80. The molecule has 0 radical (unpaired) electrons. The molecule has 0 aliphatic heterocycles. The molecular weight excluding hydrogens is 287 g/mol. The lowest BCUT2D eigenvalue weighted by Gasteiger charge is -2.21. The third kappa shape index (κ3) is 2.32. The highest BCUT2D eigenvalue weighted by molar-refractivity contribution is 6.34. The van der Waals surface area contributed by atoms with Crippen molar-refractivity contribution in [1.29, 1.82) is 0 Å². The molecule has 2 aromatic carbocycles. The molecule has 0 aliphatic rings. The Bertz CT molecular complexity index is 815. The third-order valence-electron chi connectivity index (χ3n) is 3.62. The summed E-state index contributed by atoms with van der Waals surface area (Å²) in [5.74, 6) is -0.234. The summed E-state index contributed by atoms with van der Waals surface area (Å²) in [6.45, 7) is 5.98. The molecule has 3 aromatic rings. The lowest BCUT2D eigenvalue weighted by atomic mass is 9.84. The van der Waals surface area contributed by atoms with E-state index >= 15 is 0 Å². The van der Waals surface area contributed by atoms with Crippen LogP contribution in [0.3, 0.4) is 0 Å². The summed E-state index contributed by atoms with van der Waals surface area (Å²) in [7, 11) is 0. The van der Waals surface area contributed by atoms with Crippen molar-refractivity contribution in [2.45, 2.75) is 26.2 Å². The summed E-state index contributed by atoms with van der Waals surface area (Å²) in [5, 5.41) is 0.500. The number of rotatable bonds is 1. The first-order chi connectivity index (χ1) is 9.89. The minimum absolute atomic E-state index is 0.234. The van der Waals surface area contributed by atoms with Crippen LogP contribution in [-0.4, -0.2) is 9.97 Å². The van der Waals surface area contributed by atoms with Gasteiger partial charge in [-0.3, -0.25) is 0 Å². The zero-order valence-electron chi connectivity index (χ0n) is 12.2. The highest BCUT2D eigenvalue weighted by Crippen LogP contribution is 2.38. The molecule has 108 valence electrons. The van der Waals surface area contributed by atoms with Gasteiger partial charge in [-0.1, -0.05) is 50.6 Å². The molecule has 0 aliphatic carbocycles. The fourth-order valence-corrected chi connectivity index (χ4v) is 2.80. The molecule has 4 heteroatoms. The van der Waals surface area contributed by atoms with Crippen molar-refractivity contribution in [3.8, 4) is 11.1 Å². The number of aromatic nitrogens is 2. The predicted molar refractivity (Wildman–Crippen MR) is 85.2 cm³/mol. The summed E-state index contributed by atoms with van der Waals surface area (Å²) in [5.41, 5.74) is 3.06. The maximum atomic E-state index is 15.0. The van der Waals surface area contributed by atoms with E-state index in [-0.39, 0.29) is 11.2 Å². The Morgan fingerprint density at radius 3 is 2.62 bits per heavy atom. The van der Waals surface area contributed by atoms with Crippen molar-refractivity contribution in [2.75, 3.05) is 0 Å². The number of aromatic amines is 1. The SMILES string of the molecule is CC(C)(C)c1cccc(-c2c(Cl)ccc3[nH]cnc23)c1F. The van der Waals surface area contributed by atoms with Crippen LogP contribution >= 0.6 is 11.6 Å². The van der Waals surface area contributed by atoms with Crippen LogP contribution in [0.2, 0.25) is 5.02 Å². The van der Waals surface area contributed by atoms with Crippen molar-refractivity contribution < 1.29 is 4.39 Å². The van der Waals surface area contributed by atoms with Crippen molar-refractivity contribution in [1.82, 2.24) is 9.97 Å². The molecule has 2 nitrogen and oxygen atoms in total. The van der Waals surface area contributed by atoms with E-state index in [4.69, 9.17) is 11.6 Å². The number of imidazole rings is 1. The Kier molecular flexibility index (Phi) is 3.25. The number of nitrogens with zero attached hydrogens (tertiary/aromatic N) is 1. The van der Waals surface area contributed by atoms with Crippen LogP contribution in [0, 0.1) is 5.82 Å². The standard InChI is InChI=1S/C17H16ClFN2/c1-17(2,3)11-6-4-5-10(15(11)19)14-12(18)7-8-13-16(14)21-9-20-13/h4-9H,1-3H3,(H,20,21). The maximum absolute atomic E-state index is 15.0. The largest absolute Gasteiger partial charge is 0.345 e. The number of benzene rings is 2. The number of H-pyrrole nitrogens is 1. The van der Waals surface area contributed by atoms with E-state index in [1.807, 2.05) is 39.0 Å². The van der Waals surface area contributed by atoms with Crippen molar-refractivity contribution in [2.24, 2.45) is 0 Å². The number of fused-ring (bicyclic) bond motifs is 1. The fraction of sp³-hybridized carbons (Fsp3) is 0.235. The molecule has 0 atom stereocenters. The first-order valence-corrected chi connectivity index (χ1v) is 7.18. The summed E-state index contributed by atoms with van der Waals surface area (Å²) in [6, 6.07) is 9.04. The molecule has 0 spiro atoms. The molecule has 0 unspecified atom stereocenters. The van der Waals surface area contributed by atoms with Gasteiger partial charge in [0, 0.05) is 11.1 Å². The molecule has 1 N–H and O–H groups in total. The molecular formula is C17H16ClFN2. The van der Waals surface area contributed by atoms with Gasteiger partial charge in [0.1, 0.15) is 5.82 Å². The van der Waals surface area contributed by atoms with Gasteiger partial charge in [0.05, 0.1) is 22.4 Å². The molecule has 0 bridgehead atoms. The minimum atomic E-state index is -0.272. The Morgan fingerprint density at radius 1 is 1.14 bits per heavy atom. The minimum Gasteiger partial charge on any atom is -0.345 e. The smallest absolute Gasteiger partial charge is 0.134 e. The second kappa shape index (κ2) is 4.85. The average Bonchev–Trinajstić information content (AvgIpc) is 2.86. The lowest BCUT2D eigenvalue weighted by molar-refractivity contribution is 0.525. The predicted octanol–water partition coefficient (Wildman–Crippen LogP) is 5.32. The van der Waals surface area contributed by atoms with E-state index in [0.29, 0.717) is 27.2 Å². The molecule has 1 heterocycles. The van der Waals surface area contributed by atoms with Gasteiger partial charge < -0.3 is 4.98 Å². The molecule has 0 amide bonds. The van der Waals surface area contributed by atoms with E-state index in [0.717, 1.165) is 5.52 Å². The van der Waals surface area contributed by atoms with Crippen LogP contribution in [-0.2, 0) is 5.41 Å². The third-order valence-corrected chi connectivity index (χ3v) is 3.93. The highest BCUT2D eigenvalue weighted by Gasteiger charge is 2.23. The van der Waals surface area contributed by atoms with Crippen LogP contribution in [0.4, 0.5) is 4.39 Å². The second-order valence-electron chi connectivity index (χ2n) is 6.14. The Morgan fingerprint density at radius 2 is 1.90 bits per heavy atom. The normalized spacial score (nSPS) is 12.0. The summed E-state index contributed by atoms with van der Waals surface area (Å²) < 4.78 is 15.0. The molecule has 1 aromatic heterocycles. The fourth-order valence-electron chi connectivity index (χ4n) is 2.54. The summed E-state index contributed by atoms with van der Waals surface area (Å²) in [4.78, 5) is 7.31. The average molecular weight is 303 g/mol. The van der Waals surface area contributed by atoms with Crippen LogP contribution in [0.15, 0.2) is 36.7 Å². The quantitative estimate of drug-likeness (QED) is 0.647. The van der Waals surface area contributed by atoms with Gasteiger partial charge in [-0.05, 0) is 23.1 Å².